The Hall–Kier alpha value is -0.770. The topological polar surface area (TPSA) is 23.8 Å². The van der Waals surface area contributed by atoms with E-state index in [2.05, 4.69) is 13.0 Å². The van der Waals surface area contributed by atoms with Crippen LogP contribution in [0.15, 0.2) is 11.6 Å². The third-order valence-electron chi connectivity index (χ3n) is 1.62. The summed E-state index contributed by atoms with van der Waals surface area (Å²) in [6, 6.07) is 2.17. The second kappa shape index (κ2) is 2.00. The monoisotopic (exact) mass is 107 g/mol. The van der Waals surface area contributed by atoms with E-state index in [-0.39, 0.29) is 0 Å². The lowest BCUT2D eigenvalue weighted by Crippen LogP contribution is -1.87. The molecular weight excluding hydrogens is 98.1 g/mol. The number of hydrogen-bond donors (Lipinski definition) is 0. The van der Waals surface area contributed by atoms with Crippen LogP contribution in [0.4, 0.5) is 0 Å². The van der Waals surface area contributed by atoms with E-state index in [0.29, 0.717) is 5.92 Å². The van der Waals surface area contributed by atoms with Crippen molar-refractivity contribution in [3.63, 3.8) is 0 Å². The summed E-state index contributed by atoms with van der Waals surface area (Å²) in [5, 5.41) is 8.42. The highest BCUT2D eigenvalue weighted by Crippen LogP contribution is 2.23. The Morgan fingerprint density at radius 1 is 1.88 bits per heavy atom. The summed E-state index contributed by atoms with van der Waals surface area (Å²) >= 11 is 0. The van der Waals surface area contributed by atoms with Crippen molar-refractivity contribution >= 4 is 0 Å². The fourth-order valence-electron chi connectivity index (χ4n) is 1.00. The van der Waals surface area contributed by atoms with Gasteiger partial charge in [-0.25, -0.2) is 0 Å². The molecule has 0 unspecified atom stereocenters. The molecule has 8 heavy (non-hydrogen) atoms. The summed E-state index contributed by atoms with van der Waals surface area (Å²) in [6.07, 6.45) is 4.30. The van der Waals surface area contributed by atoms with E-state index in [1.54, 1.807) is 0 Å². The molecular formula is C7H9N. The van der Waals surface area contributed by atoms with Gasteiger partial charge in [0, 0.05) is 5.57 Å². The van der Waals surface area contributed by atoms with Crippen molar-refractivity contribution < 1.29 is 0 Å². The van der Waals surface area contributed by atoms with Crippen LogP contribution in [0.25, 0.3) is 0 Å². The minimum atomic E-state index is 0.528. The molecule has 0 aromatic heterocycles. The average Bonchev–Trinajstić information content (AvgIpc) is 2.14. The Bertz CT molecular complexity index is 150. The van der Waals surface area contributed by atoms with Crippen LogP contribution in [0.2, 0.25) is 0 Å². The molecule has 0 heterocycles. The molecule has 0 saturated heterocycles. The van der Waals surface area contributed by atoms with Gasteiger partial charge in [0.25, 0.3) is 0 Å². The zero-order chi connectivity index (χ0) is 5.98. The highest BCUT2D eigenvalue weighted by molar-refractivity contribution is 5.26. The van der Waals surface area contributed by atoms with E-state index in [4.69, 9.17) is 5.26 Å². The Balaban J connectivity index is 2.66. The van der Waals surface area contributed by atoms with E-state index in [1.807, 2.05) is 6.08 Å². The quantitative estimate of drug-likeness (QED) is 0.463. The van der Waals surface area contributed by atoms with Gasteiger partial charge in [-0.15, -0.1) is 0 Å². The van der Waals surface area contributed by atoms with Gasteiger partial charge in [-0.3, -0.25) is 0 Å². The van der Waals surface area contributed by atoms with Crippen LogP contribution in [0.3, 0.4) is 0 Å². The first-order chi connectivity index (χ1) is 3.84. The van der Waals surface area contributed by atoms with E-state index < -0.39 is 0 Å². The fraction of sp³-hybridized carbons (Fsp3) is 0.571. The smallest absolute Gasteiger partial charge is 0.0946 e. The number of hydrogen-bond acceptors (Lipinski definition) is 1. The predicted molar refractivity (Wildman–Crippen MR) is 32.1 cm³/mol. The van der Waals surface area contributed by atoms with Gasteiger partial charge in [-0.1, -0.05) is 13.0 Å². The Morgan fingerprint density at radius 2 is 2.62 bits per heavy atom. The molecule has 0 spiro atoms. The number of allylic oxidation sites excluding steroid dienone is 2. The molecule has 1 nitrogen and oxygen atoms in total. The van der Waals surface area contributed by atoms with Crippen LogP contribution in [-0.2, 0) is 0 Å². The minimum Gasteiger partial charge on any atom is -0.193 e. The molecule has 1 aliphatic rings. The third-order valence-corrected chi connectivity index (χ3v) is 1.62. The zero-order valence-electron chi connectivity index (χ0n) is 5.02. The van der Waals surface area contributed by atoms with Gasteiger partial charge in [0.2, 0.25) is 0 Å². The molecule has 1 aliphatic carbocycles. The largest absolute Gasteiger partial charge is 0.193 e. The molecule has 1 atom stereocenters. The predicted octanol–water partition coefficient (Wildman–Crippen LogP) is 1.87. The summed E-state index contributed by atoms with van der Waals surface area (Å²) in [7, 11) is 0. The van der Waals surface area contributed by atoms with E-state index in [9.17, 15) is 0 Å². The lowest BCUT2D eigenvalue weighted by atomic mass is 10.1. The standard InChI is InChI=1S/C7H9N/c1-6-3-2-4-7(6)5-8/h4,6H,2-3H2,1H3/t6-/m0/s1. The summed E-state index contributed by atoms with van der Waals surface area (Å²) < 4.78 is 0. The number of nitrogens with zero attached hydrogens (tertiary/aromatic N) is 1. The van der Waals surface area contributed by atoms with Gasteiger partial charge >= 0.3 is 0 Å². The average molecular weight is 107 g/mol. The molecule has 0 N–H and O–H groups in total. The van der Waals surface area contributed by atoms with Crippen molar-refractivity contribution in [1.29, 1.82) is 5.26 Å². The van der Waals surface area contributed by atoms with Crippen LogP contribution in [0.5, 0.6) is 0 Å². The summed E-state index contributed by atoms with van der Waals surface area (Å²) in [5.41, 5.74) is 0.977. The summed E-state index contributed by atoms with van der Waals surface area (Å²) in [6.45, 7) is 2.10. The third kappa shape index (κ3) is 0.742. The van der Waals surface area contributed by atoms with Gasteiger partial charge in [0.15, 0.2) is 0 Å². The highest BCUT2D eigenvalue weighted by Gasteiger charge is 2.12. The van der Waals surface area contributed by atoms with E-state index in [0.717, 1.165) is 12.0 Å². The van der Waals surface area contributed by atoms with Crippen molar-refractivity contribution in [2.75, 3.05) is 0 Å². The molecule has 1 rings (SSSR count). The Morgan fingerprint density at radius 3 is 2.88 bits per heavy atom. The van der Waals surface area contributed by atoms with E-state index in [1.165, 1.54) is 6.42 Å². The van der Waals surface area contributed by atoms with Crippen molar-refractivity contribution in [2.24, 2.45) is 5.92 Å². The lowest BCUT2D eigenvalue weighted by Gasteiger charge is -1.96. The summed E-state index contributed by atoms with van der Waals surface area (Å²) in [5.74, 6) is 0.528. The van der Waals surface area contributed by atoms with Gasteiger partial charge in [0.05, 0.1) is 6.07 Å². The van der Waals surface area contributed by atoms with Crippen LogP contribution in [-0.4, -0.2) is 0 Å². The van der Waals surface area contributed by atoms with Crippen LogP contribution in [0.1, 0.15) is 19.8 Å². The zero-order valence-corrected chi connectivity index (χ0v) is 5.02. The first-order valence-corrected chi connectivity index (χ1v) is 2.94. The number of nitriles is 1. The van der Waals surface area contributed by atoms with Crippen LogP contribution >= 0.6 is 0 Å². The lowest BCUT2D eigenvalue weighted by molar-refractivity contribution is 0.683. The first-order valence-electron chi connectivity index (χ1n) is 2.94. The highest BCUT2D eigenvalue weighted by atomic mass is 14.3. The number of rotatable bonds is 0. The second-order valence-corrected chi connectivity index (χ2v) is 2.25. The van der Waals surface area contributed by atoms with Gasteiger partial charge < -0.3 is 0 Å². The van der Waals surface area contributed by atoms with Gasteiger partial charge in [0.1, 0.15) is 0 Å². The van der Waals surface area contributed by atoms with Crippen molar-refractivity contribution in [3.8, 4) is 6.07 Å². The normalized spacial score (nSPS) is 27.0. The molecule has 0 aromatic carbocycles. The van der Waals surface area contributed by atoms with Gasteiger partial charge in [-0.05, 0) is 18.8 Å². The van der Waals surface area contributed by atoms with Crippen LogP contribution in [0, 0.1) is 17.2 Å². The van der Waals surface area contributed by atoms with Crippen LogP contribution < -0.4 is 0 Å². The van der Waals surface area contributed by atoms with Crippen molar-refractivity contribution in [2.45, 2.75) is 19.8 Å². The molecule has 0 fully saturated rings. The molecule has 0 aromatic rings. The maximum absolute atomic E-state index is 8.42. The van der Waals surface area contributed by atoms with Crippen molar-refractivity contribution in [1.82, 2.24) is 0 Å². The molecule has 1 heteroatoms. The second-order valence-electron chi connectivity index (χ2n) is 2.25. The SMILES string of the molecule is C[C@H]1CCC=C1C#N. The summed E-state index contributed by atoms with van der Waals surface area (Å²) in [4.78, 5) is 0. The first kappa shape index (κ1) is 5.37. The minimum absolute atomic E-state index is 0.528. The molecule has 42 valence electrons. The van der Waals surface area contributed by atoms with Crippen molar-refractivity contribution in [3.05, 3.63) is 11.6 Å². The Kier molecular flexibility index (Phi) is 1.34. The Labute approximate surface area is 49.6 Å². The molecule has 0 saturated carbocycles. The fourth-order valence-corrected chi connectivity index (χ4v) is 1.00. The maximum atomic E-state index is 8.42. The molecule has 0 radical (unpaired) electrons. The van der Waals surface area contributed by atoms with E-state index >= 15 is 0 Å². The molecule has 0 bridgehead atoms. The molecule has 0 aliphatic heterocycles. The van der Waals surface area contributed by atoms with Gasteiger partial charge in [-0.2, -0.15) is 5.26 Å². The molecule has 0 amide bonds. The maximum Gasteiger partial charge on any atom is 0.0946 e.